The summed E-state index contributed by atoms with van der Waals surface area (Å²) in [7, 11) is 0. The van der Waals surface area contributed by atoms with Crippen molar-refractivity contribution >= 4 is 22.6 Å². The predicted molar refractivity (Wildman–Crippen MR) is 79.4 cm³/mol. The molecule has 1 rings (SSSR count). The molecular formula is C13H23IN2O. The maximum Gasteiger partial charge on any atom is 0.0758 e. The average Bonchev–Trinajstić information content (AvgIpc) is 2.53. The lowest BCUT2D eigenvalue weighted by Gasteiger charge is -2.19. The number of aromatic nitrogens is 2. The molecule has 0 amide bonds. The molecule has 0 bridgehead atoms. The first-order valence-corrected chi connectivity index (χ1v) is 7.35. The van der Waals surface area contributed by atoms with E-state index >= 15 is 0 Å². The van der Waals surface area contributed by atoms with Crippen LogP contribution in [0.3, 0.4) is 0 Å². The van der Waals surface area contributed by atoms with E-state index < -0.39 is 0 Å². The zero-order chi connectivity index (χ0) is 13.1. The maximum absolute atomic E-state index is 5.75. The Hall–Kier alpha value is -0.100. The molecule has 3 nitrogen and oxygen atoms in total. The molecule has 0 fully saturated rings. The summed E-state index contributed by atoms with van der Waals surface area (Å²) in [4.78, 5) is 0. The van der Waals surface area contributed by atoms with Gasteiger partial charge in [-0.05, 0) is 56.2 Å². The van der Waals surface area contributed by atoms with Crippen LogP contribution in [0, 0.1) is 3.57 Å². The molecule has 0 saturated carbocycles. The first-order valence-electron chi connectivity index (χ1n) is 6.27. The largest absolute Gasteiger partial charge is 0.374 e. The van der Waals surface area contributed by atoms with Gasteiger partial charge in [-0.2, -0.15) is 5.10 Å². The van der Waals surface area contributed by atoms with Crippen LogP contribution in [0.2, 0.25) is 0 Å². The van der Waals surface area contributed by atoms with Gasteiger partial charge in [0.1, 0.15) is 0 Å². The normalized spacial score (nSPS) is 12.1. The van der Waals surface area contributed by atoms with Crippen LogP contribution in [-0.4, -0.2) is 22.0 Å². The summed E-state index contributed by atoms with van der Waals surface area (Å²) in [6.45, 7) is 12.1. The molecule has 0 aliphatic heterocycles. The van der Waals surface area contributed by atoms with Gasteiger partial charge in [0.05, 0.1) is 33.7 Å². The molecule has 0 aliphatic rings. The van der Waals surface area contributed by atoms with Gasteiger partial charge in [0.15, 0.2) is 0 Å². The zero-order valence-electron chi connectivity index (χ0n) is 11.5. The summed E-state index contributed by atoms with van der Waals surface area (Å²) in [5.74, 6) is 0. The van der Waals surface area contributed by atoms with E-state index in [-0.39, 0.29) is 5.60 Å². The van der Waals surface area contributed by atoms with Gasteiger partial charge in [0.25, 0.3) is 0 Å². The van der Waals surface area contributed by atoms with Crippen molar-refractivity contribution < 1.29 is 4.74 Å². The SMILES string of the molecule is CCc1nn(CCOC(C)(C)C)c(CC)c1I. The van der Waals surface area contributed by atoms with Gasteiger partial charge in [0, 0.05) is 0 Å². The van der Waals surface area contributed by atoms with E-state index in [4.69, 9.17) is 4.74 Å². The van der Waals surface area contributed by atoms with Gasteiger partial charge in [-0.15, -0.1) is 0 Å². The molecule has 0 unspecified atom stereocenters. The van der Waals surface area contributed by atoms with Crippen LogP contribution in [0.25, 0.3) is 0 Å². The van der Waals surface area contributed by atoms with E-state index in [1.807, 2.05) is 0 Å². The number of hydrogen-bond donors (Lipinski definition) is 0. The first-order chi connectivity index (χ1) is 7.89. The summed E-state index contributed by atoms with van der Waals surface area (Å²) >= 11 is 2.41. The Balaban J connectivity index is 2.70. The standard InChI is InChI=1S/C13H23IN2O/c1-6-10-12(14)11(7-2)16(15-10)8-9-17-13(3,4)5/h6-9H2,1-5H3. The topological polar surface area (TPSA) is 27.1 Å². The predicted octanol–water partition coefficient (Wildman–Crippen LogP) is 3.43. The second kappa shape index (κ2) is 6.18. The van der Waals surface area contributed by atoms with Crippen LogP contribution in [-0.2, 0) is 24.1 Å². The van der Waals surface area contributed by atoms with E-state index in [1.165, 1.54) is 15.0 Å². The number of hydrogen-bond acceptors (Lipinski definition) is 2. The molecule has 4 heteroatoms. The molecular weight excluding hydrogens is 327 g/mol. The fourth-order valence-corrected chi connectivity index (χ4v) is 2.87. The minimum Gasteiger partial charge on any atom is -0.374 e. The highest BCUT2D eigenvalue weighted by Gasteiger charge is 2.14. The van der Waals surface area contributed by atoms with Gasteiger partial charge in [-0.3, -0.25) is 4.68 Å². The van der Waals surface area contributed by atoms with E-state index in [2.05, 4.69) is 67.0 Å². The Bertz CT molecular complexity index is 366. The average molecular weight is 350 g/mol. The molecule has 0 aliphatic carbocycles. The van der Waals surface area contributed by atoms with Crippen molar-refractivity contribution in [1.82, 2.24) is 9.78 Å². The van der Waals surface area contributed by atoms with Gasteiger partial charge in [-0.1, -0.05) is 13.8 Å². The van der Waals surface area contributed by atoms with Gasteiger partial charge in [-0.25, -0.2) is 0 Å². The lowest BCUT2D eigenvalue weighted by molar-refractivity contribution is -0.00817. The zero-order valence-corrected chi connectivity index (χ0v) is 13.7. The molecule has 0 radical (unpaired) electrons. The summed E-state index contributed by atoms with van der Waals surface area (Å²) in [5.41, 5.74) is 2.47. The Morgan fingerprint density at radius 3 is 2.35 bits per heavy atom. The van der Waals surface area contributed by atoms with Crippen molar-refractivity contribution in [2.24, 2.45) is 0 Å². The number of ether oxygens (including phenoxy) is 1. The van der Waals surface area contributed by atoms with Crippen LogP contribution in [0.1, 0.15) is 46.0 Å². The van der Waals surface area contributed by atoms with Crippen molar-refractivity contribution in [2.75, 3.05) is 6.61 Å². The van der Waals surface area contributed by atoms with Crippen molar-refractivity contribution in [3.05, 3.63) is 15.0 Å². The van der Waals surface area contributed by atoms with Crippen molar-refractivity contribution in [3.8, 4) is 0 Å². The summed E-state index contributed by atoms with van der Waals surface area (Å²) < 4.78 is 9.18. The van der Waals surface area contributed by atoms with Crippen molar-refractivity contribution in [1.29, 1.82) is 0 Å². The summed E-state index contributed by atoms with van der Waals surface area (Å²) in [5, 5.41) is 4.65. The Morgan fingerprint density at radius 2 is 1.88 bits per heavy atom. The number of rotatable bonds is 5. The highest BCUT2D eigenvalue weighted by Crippen LogP contribution is 2.18. The minimum atomic E-state index is -0.0692. The number of aryl methyl sites for hydroxylation is 1. The smallest absolute Gasteiger partial charge is 0.0758 e. The van der Waals surface area contributed by atoms with Crippen LogP contribution in [0.5, 0.6) is 0 Å². The van der Waals surface area contributed by atoms with Crippen LogP contribution in [0.15, 0.2) is 0 Å². The lowest BCUT2D eigenvalue weighted by atomic mass is 10.2. The summed E-state index contributed by atoms with van der Waals surface area (Å²) in [6.07, 6.45) is 2.03. The van der Waals surface area contributed by atoms with Gasteiger partial charge < -0.3 is 4.74 Å². The minimum absolute atomic E-state index is 0.0692. The highest BCUT2D eigenvalue weighted by molar-refractivity contribution is 14.1. The Labute approximate surface area is 118 Å². The van der Waals surface area contributed by atoms with Crippen LogP contribution >= 0.6 is 22.6 Å². The van der Waals surface area contributed by atoms with E-state index in [1.54, 1.807) is 0 Å². The van der Waals surface area contributed by atoms with Crippen molar-refractivity contribution in [3.63, 3.8) is 0 Å². The molecule has 0 aromatic carbocycles. The van der Waals surface area contributed by atoms with E-state index in [9.17, 15) is 0 Å². The molecule has 17 heavy (non-hydrogen) atoms. The molecule has 98 valence electrons. The number of nitrogens with zero attached hydrogens (tertiary/aromatic N) is 2. The fourth-order valence-electron chi connectivity index (χ4n) is 1.72. The molecule has 0 atom stereocenters. The third-order valence-corrected chi connectivity index (χ3v) is 3.81. The summed E-state index contributed by atoms with van der Waals surface area (Å²) in [6, 6.07) is 0. The second-order valence-corrected chi connectivity index (χ2v) is 6.18. The first kappa shape index (κ1) is 15.0. The van der Waals surface area contributed by atoms with Gasteiger partial charge >= 0.3 is 0 Å². The molecule has 0 spiro atoms. The molecule has 1 aromatic heterocycles. The van der Waals surface area contributed by atoms with E-state index in [0.29, 0.717) is 0 Å². The monoisotopic (exact) mass is 350 g/mol. The molecule has 0 saturated heterocycles. The third-order valence-electron chi connectivity index (χ3n) is 2.57. The third kappa shape index (κ3) is 4.25. The quantitative estimate of drug-likeness (QED) is 0.761. The van der Waals surface area contributed by atoms with Crippen molar-refractivity contribution in [2.45, 2.75) is 59.6 Å². The second-order valence-electron chi connectivity index (χ2n) is 5.10. The highest BCUT2D eigenvalue weighted by atomic mass is 127. The van der Waals surface area contributed by atoms with E-state index in [0.717, 1.165) is 26.0 Å². The fraction of sp³-hybridized carbons (Fsp3) is 0.769. The molecule has 1 heterocycles. The maximum atomic E-state index is 5.75. The van der Waals surface area contributed by atoms with Crippen LogP contribution < -0.4 is 0 Å². The number of halogens is 1. The molecule has 1 aromatic rings. The lowest BCUT2D eigenvalue weighted by Crippen LogP contribution is -2.22. The van der Waals surface area contributed by atoms with Crippen LogP contribution in [0.4, 0.5) is 0 Å². The Morgan fingerprint density at radius 1 is 1.24 bits per heavy atom. The van der Waals surface area contributed by atoms with Gasteiger partial charge in [0.2, 0.25) is 0 Å². The Kier molecular flexibility index (Phi) is 5.44. The molecule has 0 N–H and O–H groups in total.